The predicted molar refractivity (Wildman–Crippen MR) is 80.5 cm³/mol. The highest BCUT2D eigenvalue weighted by atomic mass is 16.2. The lowest BCUT2D eigenvalue weighted by Gasteiger charge is -2.35. The molecule has 5 heteroatoms. The first-order valence-corrected chi connectivity index (χ1v) is 8.15. The highest BCUT2D eigenvalue weighted by Crippen LogP contribution is 2.40. The second kappa shape index (κ2) is 5.26. The second-order valence-electron chi connectivity index (χ2n) is 7.51. The van der Waals surface area contributed by atoms with Gasteiger partial charge in [0, 0.05) is 18.6 Å². The van der Waals surface area contributed by atoms with Crippen LogP contribution in [-0.4, -0.2) is 48.1 Å². The van der Waals surface area contributed by atoms with Gasteiger partial charge in [-0.2, -0.15) is 5.26 Å². The van der Waals surface area contributed by atoms with Crippen LogP contribution >= 0.6 is 0 Å². The third-order valence-corrected chi connectivity index (χ3v) is 5.90. The van der Waals surface area contributed by atoms with Gasteiger partial charge in [0.05, 0.1) is 12.6 Å². The summed E-state index contributed by atoms with van der Waals surface area (Å²) in [6, 6.07) is 2.33. The molecule has 1 saturated carbocycles. The summed E-state index contributed by atoms with van der Waals surface area (Å²) >= 11 is 0. The number of likely N-dealkylation sites (tertiary alicyclic amines) is 1. The van der Waals surface area contributed by atoms with E-state index in [1.165, 1.54) is 0 Å². The smallest absolute Gasteiger partial charge is 0.235 e. The highest BCUT2D eigenvalue weighted by molar-refractivity contribution is 5.79. The van der Waals surface area contributed by atoms with Gasteiger partial charge in [0.15, 0.2) is 0 Å². The van der Waals surface area contributed by atoms with Crippen molar-refractivity contribution < 1.29 is 4.79 Å². The minimum atomic E-state index is -0.599. The number of hydrogen-bond acceptors (Lipinski definition) is 4. The summed E-state index contributed by atoms with van der Waals surface area (Å²) in [5, 5.41) is 15.8. The first kappa shape index (κ1) is 14.8. The van der Waals surface area contributed by atoms with Gasteiger partial charge in [-0.3, -0.25) is 9.69 Å². The van der Waals surface area contributed by atoms with Gasteiger partial charge < -0.3 is 10.6 Å². The molecule has 2 N–H and O–H groups in total. The Labute approximate surface area is 127 Å². The van der Waals surface area contributed by atoms with E-state index in [0.29, 0.717) is 18.4 Å². The zero-order chi connectivity index (χ0) is 15.1. The normalized spacial score (nSPS) is 33.6. The Morgan fingerprint density at radius 2 is 2.10 bits per heavy atom. The molecule has 3 fully saturated rings. The average Bonchev–Trinajstić information content (AvgIpc) is 3.11. The van der Waals surface area contributed by atoms with Crippen LogP contribution in [0.25, 0.3) is 0 Å². The molecular formula is C16H26N4O. The second-order valence-corrected chi connectivity index (χ2v) is 7.51. The lowest BCUT2D eigenvalue weighted by molar-refractivity contribution is -0.124. The summed E-state index contributed by atoms with van der Waals surface area (Å²) < 4.78 is 0. The van der Waals surface area contributed by atoms with Crippen molar-refractivity contribution in [3.8, 4) is 6.07 Å². The summed E-state index contributed by atoms with van der Waals surface area (Å²) in [6.45, 7) is 8.01. The average molecular weight is 290 g/mol. The molecule has 3 rings (SSSR count). The van der Waals surface area contributed by atoms with E-state index in [1.54, 1.807) is 0 Å². The number of nitrogens with one attached hydrogen (secondary N) is 2. The van der Waals surface area contributed by atoms with Gasteiger partial charge in [-0.15, -0.1) is 0 Å². The molecule has 2 atom stereocenters. The Morgan fingerprint density at radius 3 is 2.71 bits per heavy atom. The molecular weight excluding hydrogens is 264 g/mol. The van der Waals surface area contributed by atoms with Gasteiger partial charge in [0.2, 0.25) is 5.91 Å². The molecule has 0 aromatic rings. The number of carbonyl (C=O) groups is 1. The summed E-state index contributed by atoms with van der Waals surface area (Å²) in [4.78, 5) is 14.7. The highest BCUT2D eigenvalue weighted by Gasteiger charge is 2.50. The van der Waals surface area contributed by atoms with Crippen LogP contribution in [0.4, 0.5) is 0 Å². The Balaban J connectivity index is 1.62. The first-order valence-electron chi connectivity index (χ1n) is 8.15. The van der Waals surface area contributed by atoms with Crippen LogP contribution in [0.2, 0.25) is 0 Å². The lowest BCUT2D eigenvalue weighted by atomic mass is 9.85. The first-order chi connectivity index (χ1) is 9.97. The zero-order valence-electron chi connectivity index (χ0n) is 13.1. The molecule has 2 aliphatic heterocycles. The maximum absolute atomic E-state index is 12.4. The SMILES string of the molecule is CC1(C)C2CNCC2CN1CC(=O)NC1(C#N)CCCC1. The minimum Gasteiger partial charge on any atom is -0.337 e. The van der Waals surface area contributed by atoms with E-state index < -0.39 is 5.54 Å². The van der Waals surface area contributed by atoms with Crippen LogP contribution in [0.15, 0.2) is 0 Å². The molecule has 2 saturated heterocycles. The third kappa shape index (κ3) is 2.56. The van der Waals surface area contributed by atoms with Gasteiger partial charge >= 0.3 is 0 Å². The van der Waals surface area contributed by atoms with Gasteiger partial charge in [0.1, 0.15) is 5.54 Å². The molecule has 0 radical (unpaired) electrons. The Morgan fingerprint density at radius 1 is 1.38 bits per heavy atom. The fourth-order valence-corrected chi connectivity index (χ4v) is 4.50. The maximum atomic E-state index is 12.4. The molecule has 0 bridgehead atoms. The van der Waals surface area contributed by atoms with Gasteiger partial charge in [-0.05, 0) is 57.9 Å². The van der Waals surface area contributed by atoms with Crippen molar-refractivity contribution in [1.29, 1.82) is 5.26 Å². The number of nitrogens with zero attached hydrogens (tertiary/aromatic N) is 2. The van der Waals surface area contributed by atoms with E-state index in [1.807, 2.05) is 0 Å². The lowest BCUT2D eigenvalue weighted by Crippen LogP contribution is -2.53. The number of hydrogen-bond donors (Lipinski definition) is 2. The topological polar surface area (TPSA) is 68.2 Å². The molecule has 0 spiro atoms. The maximum Gasteiger partial charge on any atom is 0.235 e. The van der Waals surface area contributed by atoms with E-state index in [4.69, 9.17) is 0 Å². The van der Waals surface area contributed by atoms with Gasteiger partial charge in [0.25, 0.3) is 0 Å². The van der Waals surface area contributed by atoms with Gasteiger partial charge in [-0.1, -0.05) is 0 Å². The number of nitriles is 1. The van der Waals surface area contributed by atoms with Crippen molar-refractivity contribution in [3.05, 3.63) is 0 Å². The quantitative estimate of drug-likeness (QED) is 0.809. The fourth-order valence-electron chi connectivity index (χ4n) is 4.50. The number of rotatable bonds is 3. The van der Waals surface area contributed by atoms with E-state index >= 15 is 0 Å². The zero-order valence-corrected chi connectivity index (χ0v) is 13.1. The summed E-state index contributed by atoms with van der Waals surface area (Å²) in [7, 11) is 0. The van der Waals surface area contributed by atoms with Crippen molar-refractivity contribution in [2.45, 2.75) is 50.6 Å². The summed E-state index contributed by atoms with van der Waals surface area (Å²) in [6.07, 6.45) is 3.68. The molecule has 3 aliphatic rings. The van der Waals surface area contributed by atoms with E-state index in [2.05, 4.69) is 35.5 Å². The fraction of sp³-hybridized carbons (Fsp3) is 0.875. The van der Waals surface area contributed by atoms with Crippen LogP contribution in [0, 0.1) is 23.2 Å². The number of fused-ring (bicyclic) bond motifs is 1. The Kier molecular flexibility index (Phi) is 3.71. The Bertz CT molecular complexity index is 461. The van der Waals surface area contributed by atoms with Crippen molar-refractivity contribution in [3.63, 3.8) is 0 Å². The number of amides is 1. The summed E-state index contributed by atoms with van der Waals surface area (Å²) in [5.74, 6) is 1.30. The van der Waals surface area contributed by atoms with Crippen LogP contribution in [0.5, 0.6) is 0 Å². The standard InChI is InChI=1S/C16H26N4O/c1-15(2)13-8-18-7-12(13)9-20(15)10-14(21)19-16(11-17)5-3-4-6-16/h12-13,18H,3-10H2,1-2H3,(H,19,21). The van der Waals surface area contributed by atoms with E-state index in [9.17, 15) is 10.1 Å². The Hall–Kier alpha value is -1.12. The molecule has 116 valence electrons. The molecule has 2 heterocycles. The molecule has 1 aliphatic carbocycles. The largest absolute Gasteiger partial charge is 0.337 e. The molecule has 21 heavy (non-hydrogen) atoms. The summed E-state index contributed by atoms with van der Waals surface area (Å²) in [5.41, 5.74) is -0.542. The predicted octanol–water partition coefficient (Wildman–Crippen LogP) is 0.869. The van der Waals surface area contributed by atoms with E-state index in [0.717, 1.165) is 45.3 Å². The monoisotopic (exact) mass is 290 g/mol. The molecule has 0 aromatic heterocycles. The van der Waals surface area contributed by atoms with Crippen molar-refractivity contribution >= 4 is 5.91 Å². The minimum absolute atomic E-state index is 0.0134. The van der Waals surface area contributed by atoms with Crippen LogP contribution < -0.4 is 10.6 Å². The third-order valence-electron chi connectivity index (χ3n) is 5.90. The van der Waals surface area contributed by atoms with Crippen molar-refractivity contribution in [2.75, 3.05) is 26.2 Å². The van der Waals surface area contributed by atoms with Crippen molar-refractivity contribution in [1.82, 2.24) is 15.5 Å². The molecule has 0 aromatic carbocycles. The molecule has 1 amide bonds. The van der Waals surface area contributed by atoms with Crippen LogP contribution in [0.1, 0.15) is 39.5 Å². The molecule has 2 unspecified atom stereocenters. The van der Waals surface area contributed by atoms with Gasteiger partial charge in [-0.25, -0.2) is 0 Å². The number of carbonyl (C=O) groups excluding carboxylic acids is 1. The van der Waals surface area contributed by atoms with Crippen molar-refractivity contribution in [2.24, 2.45) is 11.8 Å². The molecule has 5 nitrogen and oxygen atoms in total. The van der Waals surface area contributed by atoms with Crippen LogP contribution in [-0.2, 0) is 4.79 Å². The van der Waals surface area contributed by atoms with E-state index in [-0.39, 0.29) is 11.4 Å². The van der Waals surface area contributed by atoms with Crippen LogP contribution in [0.3, 0.4) is 0 Å².